The maximum absolute atomic E-state index is 12.6. The lowest BCUT2D eigenvalue weighted by molar-refractivity contribution is -0.128. The lowest BCUT2D eigenvalue weighted by Gasteiger charge is -2.30. The highest BCUT2D eigenvalue weighted by Gasteiger charge is 2.23. The molecule has 5 nitrogen and oxygen atoms in total. The van der Waals surface area contributed by atoms with Crippen LogP contribution in [0.5, 0.6) is 0 Å². The number of piperidine rings is 1. The van der Waals surface area contributed by atoms with Crippen LogP contribution in [0, 0.1) is 24.2 Å². The first-order valence-electron chi connectivity index (χ1n) is 9.51. The highest BCUT2D eigenvalue weighted by atomic mass is 16.2. The normalized spacial score (nSPS) is 15.5. The highest BCUT2D eigenvalue weighted by Crippen LogP contribution is 2.23. The van der Waals surface area contributed by atoms with Crippen LogP contribution < -0.4 is 10.2 Å². The van der Waals surface area contributed by atoms with E-state index in [2.05, 4.69) is 43.1 Å². The molecule has 0 bridgehead atoms. The van der Waals surface area contributed by atoms with Crippen LogP contribution in [0.25, 0.3) is 0 Å². The summed E-state index contributed by atoms with van der Waals surface area (Å²) >= 11 is 0. The van der Waals surface area contributed by atoms with E-state index in [-0.39, 0.29) is 11.5 Å². The molecule has 0 spiro atoms. The molecular weight excluding hydrogens is 324 g/mol. The SMILES string of the molecule is CCN(CC)c1ccc(N/C=C(/C#N)C(=O)N2CCC(C)CC2)c(C)c1. The van der Waals surface area contributed by atoms with E-state index in [1.807, 2.05) is 19.1 Å². The lowest BCUT2D eigenvalue weighted by Crippen LogP contribution is -2.38. The molecule has 26 heavy (non-hydrogen) atoms. The third kappa shape index (κ3) is 4.78. The summed E-state index contributed by atoms with van der Waals surface area (Å²) < 4.78 is 0. The summed E-state index contributed by atoms with van der Waals surface area (Å²) in [5.41, 5.74) is 3.34. The van der Waals surface area contributed by atoms with Crippen molar-refractivity contribution in [1.82, 2.24) is 4.90 Å². The highest BCUT2D eigenvalue weighted by molar-refractivity contribution is 5.97. The number of nitrogens with one attached hydrogen (secondary N) is 1. The molecule has 1 aliphatic rings. The second-order valence-electron chi connectivity index (χ2n) is 6.96. The maximum Gasteiger partial charge on any atom is 0.266 e. The van der Waals surface area contributed by atoms with Gasteiger partial charge in [-0.15, -0.1) is 0 Å². The Kier molecular flexibility index (Phi) is 7.08. The van der Waals surface area contributed by atoms with Crippen molar-refractivity contribution in [2.75, 3.05) is 36.4 Å². The number of benzene rings is 1. The van der Waals surface area contributed by atoms with Gasteiger partial charge in [0.2, 0.25) is 0 Å². The molecule has 0 aromatic heterocycles. The van der Waals surface area contributed by atoms with Gasteiger partial charge in [-0.25, -0.2) is 0 Å². The number of hydrogen-bond acceptors (Lipinski definition) is 4. The van der Waals surface area contributed by atoms with Crippen molar-refractivity contribution in [3.05, 3.63) is 35.5 Å². The minimum absolute atomic E-state index is 0.159. The maximum atomic E-state index is 12.6. The zero-order valence-corrected chi connectivity index (χ0v) is 16.4. The Hall–Kier alpha value is -2.48. The van der Waals surface area contributed by atoms with Crippen LogP contribution >= 0.6 is 0 Å². The van der Waals surface area contributed by atoms with Crippen LogP contribution in [0.2, 0.25) is 0 Å². The van der Waals surface area contributed by atoms with Gasteiger partial charge >= 0.3 is 0 Å². The van der Waals surface area contributed by atoms with Gasteiger partial charge in [-0.05, 0) is 63.3 Å². The number of carbonyl (C=O) groups is 1. The second kappa shape index (κ2) is 9.28. The van der Waals surface area contributed by atoms with Gasteiger partial charge in [-0.1, -0.05) is 6.92 Å². The Morgan fingerprint density at radius 3 is 2.54 bits per heavy atom. The van der Waals surface area contributed by atoms with E-state index in [0.717, 1.165) is 50.3 Å². The molecule has 140 valence electrons. The standard InChI is InChI=1S/C21H30N4O/c1-5-24(6-2)19-7-8-20(17(4)13-19)23-15-18(14-22)21(26)25-11-9-16(3)10-12-25/h7-8,13,15-16,23H,5-6,9-12H2,1-4H3/b18-15-. The van der Waals surface area contributed by atoms with E-state index in [1.54, 1.807) is 11.1 Å². The second-order valence-corrected chi connectivity index (χ2v) is 6.96. The van der Waals surface area contributed by atoms with Crippen LogP contribution in [0.4, 0.5) is 11.4 Å². The average molecular weight is 354 g/mol. The van der Waals surface area contributed by atoms with Crippen molar-refractivity contribution in [2.45, 2.75) is 40.5 Å². The molecule has 0 unspecified atom stereocenters. The third-order valence-electron chi connectivity index (χ3n) is 5.13. The largest absolute Gasteiger partial charge is 0.372 e. The minimum Gasteiger partial charge on any atom is -0.372 e. The van der Waals surface area contributed by atoms with Crippen LogP contribution in [0.3, 0.4) is 0 Å². The van der Waals surface area contributed by atoms with Crippen molar-refractivity contribution in [2.24, 2.45) is 5.92 Å². The zero-order valence-electron chi connectivity index (χ0n) is 16.4. The smallest absolute Gasteiger partial charge is 0.266 e. The van der Waals surface area contributed by atoms with Crippen molar-refractivity contribution < 1.29 is 4.79 Å². The van der Waals surface area contributed by atoms with E-state index in [1.165, 1.54) is 5.69 Å². The molecular formula is C21H30N4O. The molecule has 0 atom stereocenters. The number of likely N-dealkylation sites (tertiary alicyclic amines) is 1. The van der Waals surface area contributed by atoms with E-state index in [0.29, 0.717) is 5.92 Å². The Morgan fingerprint density at radius 2 is 2.00 bits per heavy atom. The molecule has 0 radical (unpaired) electrons. The van der Waals surface area contributed by atoms with Crippen molar-refractivity contribution in [3.8, 4) is 6.07 Å². The predicted octanol–water partition coefficient (Wildman–Crippen LogP) is 3.92. The average Bonchev–Trinajstić information content (AvgIpc) is 2.65. The zero-order chi connectivity index (χ0) is 19.1. The fourth-order valence-electron chi connectivity index (χ4n) is 3.27. The molecule has 0 saturated carbocycles. The number of anilines is 2. The van der Waals surface area contributed by atoms with Gasteiger partial charge in [0.1, 0.15) is 11.6 Å². The van der Waals surface area contributed by atoms with Crippen LogP contribution in [0.1, 0.15) is 39.2 Å². The summed E-state index contributed by atoms with van der Waals surface area (Å²) in [4.78, 5) is 16.6. The van der Waals surface area contributed by atoms with Gasteiger partial charge in [0.25, 0.3) is 5.91 Å². The van der Waals surface area contributed by atoms with Gasteiger partial charge in [0.05, 0.1) is 0 Å². The third-order valence-corrected chi connectivity index (χ3v) is 5.13. The summed E-state index contributed by atoms with van der Waals surface area (Å²) in [5.74, 6) is 0.475. The molecule has 1 aliphatic heterocycles. The summed E-state index contributed by atoms with van der Waals surface area (Å²) in [6.45, 7) is 11.9. The molecule has 1 amide bonds. The summed E-state index contributed by atoms with van der Waals surface area (Å²) in [7, 11) is 0. The fraction of sp³-hybridized carbons (Fsp3) is 0.524. The van der Waals surface area contributed by atoms with Crippen LogP contribution in [0.15, 0.2) is 30.0 Å². The Bertz CT molecular complexity index is 692. The topological polar surface area (TPSA) is 59.4 Å². The van der Waals surface area contributed by atoms with Gasteiger partial charge < -0.3 is 15.1 Å². The van der Waals surface area contributed by atoms with E-state index in [4.69, 9.17) is 0 Å². The van der Waals surface area contributed by atoms with E-state index >= 15 is 0 Å². The number of hydrogen-bond donors (Lipinski definition) is 1. The molecule has 5 heteroatoms. The summed E-state index contributed by atoms with van der Waals surface area (Å²) in [5, 5.41) is 12.5. The number of carbonyl (C=O) groups excluding carboxylic acids is 1. The molecule has 1 aromatic carbocycles. The molecule has 1 saturated heterocycles. The number of amides is 1. The first-order chi connectivity index (χ1) is 12.5. The predicted molar refractivity (Wildman–Crippen MR) is 107 cm³/mol. The van der Waals surface area contributed by atoms with Crippen LogP contribution in [-0.4, -0.2) is 37.0 Å². The minimum atomic E-state index is -0.177. The number of nitriles is 1. The molecule has 1 heterocycles. The molecule has 1 aromatic rings. The fourth-order valence-corrected chi connectivity index (χ4v) is 3.27. The van der Waals surface area contributed by atoms with Crippen molar-refractivity contribution in [1.29, 1.82) is 5.26 Å². The Labute approximate surface area is 157 Å². The summed E-state index contributed by atoms with van der Waals surface area (Å²) in [6.07, 6.45) is 3.55. The molecule has 1 N–H and O–H groups in total. The quantitative estimate of drug-likeness (QED) is 0.621. The number of aryl methyl sites for hydroxylation is 1. The number of nitrogens with zero attached hydrogens (tertiary/aromatic N) is 3. The van der Waals surface area contributed by atoms with Gasteiger partial charge in [0, 0.05) is 43.8 Å². The monoisotopic (exact) mass is 354 g/mol. The molecule has 0 aliphatic carbocycles. The molecule has 1 fully saturated rings. The first-order valence-corrected chi connectivity index (χ1v) is 9.51. The van der Waals surface area contributed by atoms with Crippen molar-refractivity contribution in [3.63, 3.8) is 0 Å². The van der Waals surface area contributed by atoms with Gasteiger partial charge in [-0.3, -0.25) is 4.79 Å². The summed E-state index contributed by atoms with van der Waals surface area (Å²) in [6, 6.07) is 8.24. The first kappa shape index (κ1) is 19.8. The van der Waals surface area contributed by atoms with Crippen LogP contribution in [-0.2, 0) is 4.79 Å². The van der Waals surface area contributed by atoms with Gasteiger partial charge in [0.15, 0.2) is 0 Å². The van der Waals surface area contributed by atoms with Crippen molar-refractivity contribution >= 4 is 17.3 Å². The Balaban J connectivity index is 2.09. The molecule has 2 rings (SSSR count). The Morgan fingerprint density at radius 1 is 1.35 bits per heavy atom. The lowest BCUT2D eigenvalue weighted by atomic mass is 9.99. The van der Waals surface area contributed by atoms with E-state index in [9.17, 15) is 10.1 Å². The van der Waals surface area contributed by atoms with Gasteiger partial charge in [-0.2, -0.15) is 5.26 Å². The van der Waals surface area contributed by atoms with E-state index < -0.39 is 0 Å². The number of rotatable bonds is 6.